The monoisotopic (exact) mass is 283 g/mol. The number of carbonyl (C=O) groups excluding carboxylic acids is 1. The summed E-state index contributed by atoms with van der Waals surface area (Å²) in [7, 11) is 0. The van der Waals surface area contributed by atoms with Crippen LogP contribution in [0.5, 0.6) is 5.75 Å². The molecule has 0 radical (unpaired) electrons. The maximum absolute atomic E-state index is 12.1. The van der Waals surface area contributed by atoms with Gasteiger partial charge in [-0.2, -0.15) is 0 Å². The first-order valence-electron chi connectivity index (χ1n) is 7.20. The van der Waals surface area contributed by atoms with Crippen LogP contribution in [0.3, 0.4) is 0 Å². The second kappa shape index (κ2) is 7.48. The lowest BCUT2D eigenvalue weighted by atomic mass is 10.1. The number of ether oxygens (including phenoxy) is 1. The van der Waals surface area contributed by atoms with Crippen molar-refractivity contribution in [3.05, 3.63) is 65.2 Å². The predicted octanol–water partition coefficient (Wildman–Crippen LogP) is 3.50. The summed E-state index contributed by atoms with van der Waals surface area (Å²) >= 11 is 0. The molecule has 0 unspecified atom stereocenters. The van der Waals surface area contributed by atoms with E-state index in [-0.39, 0.29) is 5.91 Å². The number of nitrogens with one attached hydrogen (secondary N) is 1. The summed E-state index contributed by atoms with van der Waals surface area (Å²) < 4.78 is 5.58. The van der Waals surface area contributed by atoms with Crippen molar-refractivity contribution < 1.29 is 9.53 Å². The Hall–Kier alpha value is -2.29. The maximum atomic E-state index is 12.1. The third kappa shape index (κ3) is 4.63. The lowest BCUT2D eigenvalue weighted by molar-refractivity contribution is 0.0951. The molecule has 1 N–H and O–H groups in total. The molecule has 0 saturated heterocycles. The normalized spacial score (nSPS) is 10.2. The van der Waals surface area contributed by atoms with Gasteiger partial charge in [0, 0.05) is 12.1 Å². The van der Waals surface area contributed by atoms with Gasteiger partial charge in [0.05, 0.1) is 6.61 Å². The molecule has 1 amide bonds. The van der Waals surface area contributed by atoms with Crippen LogP contribution in [0.4, 0.5) is 0 Å². The molecule has 110 valence electrons. The molecule has 2 aromatic rings. The van der Waals surface area contributed by atoms with E-state index in [0.29, 0.717) is 13.2 Å². The second-order valence-corrected chi connectivity index (χ2v) is 5.09. The third-order valence-corrected chi connectivity index (χ3v) is 3.25. The second-order valence-electron chi connectivity index (χ2n) is 5.09. The van der Waals surface area contributed by atoms with E-state index in [9.17, 15) is 4.79 Å². The van der Waals surface area contributed by atoms with E-state index in [4.69, 9.17) is 4.74 Å². The fraction of sp³-hybridized carbons (Fsp3) is 0.278. The van der Waals surface area contributed by atoms with Gasteiger partial charge in [0.2, 0.25) is 0 Å². The van der Waals surface area contributed by atoms with E-state index in [1.165, 1.54) is 5.56 Å². The molecule has 0 aliphatic carbocycles. The molecule has 3 nitrogen and oxygen atoms in total. The summed E-state index contributed by atoms with van der Waals surface area (Å²) in [4.78, 5) is 12.1. The van der Waals surface area contributed by atoms with E-state index in [1.54, 1.807) is 0 Å². The van der Waals surface area contributed by atoms with Gasteiger partial charge in [0.15, 0.2) is 0 Å². The van der Waals surface area contributed by atoms with Gasteiger partial charge in [-0.3, -0.25) is 4.79 Å². The van der Waals surface area contributed by atoms with Crippen molar-refractivity contribution in [2.75, 3.05) is 13.2 Å². The standard InChI is InChI=1S/C18H21NO2/c1-14-9-10-17(15(2)13-14)18(20)19-11-6-12-21-16-7-4-3-5-8-16/h3-5,7-10,13H,6,11-12H2,1-2H3,(H,19,20). The molecule has 0 heterocycles. The predicted molar refractivity (Wildman–Crippen MR) is 84.8 cm³/mol. The minimum Gasteiger partial charge on any atom is -0.494 e. The number of hydrogen-bond acceptors (Lipinski definition) is 2. The zero-order valence-corrected chi connectivity index (χ0v) is 12.6. The molecule has 21 heavy (non-hydrogen) atoms. The fourth-order valence-corrected chi connectivity index (χ4v) is 2.14. The molecular weight excluding hydrogens is 262 g/mol. The van der Waals surface area contributed by atoms with Gasteiger partial charge < -0.3 is 10.1 Å². The molecule has 3 heteroatoms. The summed E-state index contributed by atoms with van der Waals surface area (Å²) in [6, 6.07) is 15.5. The van der Waals surface area contributed by atoms with Gasteiger partial charge in [-0.15, -0.1) is 0 Å². The number of benzene rings is 2. The SMILES string of the molecule is Cc1ccc(C(=O)NCCCOc2ccccc2)c(C)c1. The van der Waals surface area contributed by atoms with E-state index in [0.717, 1.165) is 23.3 Å². The Balaban J connectivity index is 1.72. The average molecular weight is 283 g/mol. The topological polar surface area (TPSA) is 38.3 Å². The largest absolute Gasteiger partial charge is 0.494 e. The molecule has 0 saturated carbocycles. The van der Waals surface area contributed by atoms with Crippen molar-refractivity contribution in [3.8, 4) is 5.75 Å². The zero-order valence-electron chi connectivity index (χ0n) is 12.6. The highest BCUT2D eigenvalue weighted by Crippen LogP contribution is 2.10. The highest BCUT2D eigenvalue weighted by molar-refractivity contribution is 5.95. The summed E-state index contributed by atoms with van der Waals surface area (Å²) in [5.41, 5.74) is 2.91. The fourth-order valence-electron chi connectivity index (χ4n) is 2.14. The Morgan fingerprint density at radius 3 is 2.57 bits per heavy atom. The van der Waals surface area contributed by atoms with Crippen LogP contribution in [-0.4, -0.2) is 19.1 Å². The van der Waals surface area contributed by atoms with Gasteiger partial charge in [0.25, 0.3) is 5.91 Å². The quantitative estimate of drug-likeness (QED) is 0.824. The molecule has 0 fully saturated rings. The summed E-state index contributed by atoms with van der Waals surface area (Å²) in [5.74, 6) is 0.838. The third-order valence-electron chi connectivity index (χ3n) is 3.25. The highest BCUT2D eigenvalue weighted by atomic mass is 16.5. The number of para-hydroxylation sites is 1. The van der Waals surface area contributed by atoms with Crippen LogP contribution >= 0.6 is 0 Å². The van der Waals surface area contributed by atoms with E-state index in [2.05, 4.69) is 5.32 Å². The zero-order chi connectivity index (χ0) is 15.1. The number of hydrogen-bond donors (Lipinski definition) is 1. The van der Waals surface area contributed by atoms with Gasteiger partial charge in [0.1, 0.15) is 5.75 Å². The van der Waals surface area contributed by atoms with E-state index < -0.39 is 0 Å². The van der Waals surface area contributed by atoms with Crippen LogP contribution in [0.1, 0.15) is 27.9 Å². The average Bonchev–Trinajstić information content (AvgIpc) is 2.47. The lowest BCUT2D eigenvalue weighted by Gasteiger charge is -2.09. The Bertz CT molecular complexity index is 593. The maximum Gasteiger partial charge on any atom is 0.251 e. The highest BCUT2D eigenvalue weighted by Gasteiger charge is 2.07. The molecular formula is C18H21NO2. The Morgan fingerprint density at radius 2 is 1.86 bits per heavy atom. The smallest absolute Gasteiger partial charge is 0.251 e. The molecule has 0 aliphatic rings. The van der Waals surface area contributed by atoms with Gasteiger partial charge in [-0.05, 0) is 44.0 Å². The minimum atomic E-state index is -0.0211. The number of carbonyl (C=O) groups is 1. The molecule has 2 aromatic carbocycles. The van der Waals surface area contributed by atoms with Crippen molar-refractivity contribution in [2.45, 2.75) is 20.3 Å². The summed E-state index contributed by atoms with van der Waals surface area (Å²) in [6.07, 6.45) is 0.783. The van der Waals surface area contributed by atoms with Crippen LogP contribution in [0.2, 0.25) is 0 Å². The van der Waals surface area contributed by atoms with Gasteiger partial charge in [-0.25, -0.2) is 0 Å². The van der Waals surface area contributed by atoms with E-state index >= 15 is 0 Å². The van der Waals surface area contributed by atoms with Gasteiger partial charge in [-0.1, -0.05) is 35.9 Å². The minimum absolute atomic E-state index is 0.0211. The van der Waals surface area contributed by atoms with Crippen molar-refractivity contribution >= 4 is 5.91 Å². The van der Waals surface area contributed by atoms with Crippen LogP contribution in [0.15, 0.2) is 48.5 Å². The van der Waals surface area contributed by atoms with Crippen molar-refractivity contribution in [1.29, 1.82) is 0 Å². The van der Waals surface area contributed by atoms with Crippen molar-refractivity contribution in [2.24, 2.45) is 0 Å². The van der Waals surface area contributed by atoms with Crippen molar-refractivity contribution in [1.82, 2.24) is 5.32 Å². The first-order valence-corrected chi connectivity index (χ1v) is 7.20. The van der Waals surface area contributed by atoms with E-state index in [1.807, 2.05) is 62.4 Å². The summed E-state index contributed by atoms with van der Waals surface area (Å²) in [5, 5.41) is 2.93. The van der Waals surface area contributed by atoms with Crippen LogP contribution in [-0.2, 0) is 0 Å². The van der Waals surface area contributed by atoms with Crippen LogP contribution in [0.25, 0.3) is 0 Å². The molecule has 0 aliphatic heterocycles. The Morgan fingerprint density at radius 1 is 1.10 bits per heavy atom. The number of rotatable bonds is 6. The molecule has 0 aromatic heterocycles. The van der Waals surface area contributed by atoms with Gasteiger partial charge >= 0.3 is 0 Å². The van der Waals surface area contributed by atoms with Crippen LogP contribution in [0, 0.1) is 13.8 Å². The first kappa shape index (κ1) is 15.1. The number of aryl methyl sites for hydroxylation is 2. The van der Waals surface area contributed by atoms with Crippen molar-refractivity contribution in [3.63, 3.8) is 0 Å². The molecule has 2 rings (SSSR count). The lowest BCUT2D eigenvalue weighted by Crippen LogP contribution is -2.26. The summed E-state index contributed by atoms with van der Waals surface area (Å²) in [6.45, 7) is 5.19. The Kier molecular flexibility index (Phi) is 5.38. The Labute approximate surface area is 126 Å². The number of amides is 1. The molecule has 0 bridgehead atoms. The molecule has 0 atom stereocenters. The van der Waals surface area contributed by atoms with Crippen LogP contribution < -0.4 is 10.1 Å². The first-order chi connectivity index (χ1) is 10.2. The molecule has 0 spiro atoms.